The molecule has 1 unspecified atom stereocenters. The van der Waals surface area contributed by atoms with Gasteiger partial charge in [0.1, 0.15) is 5.82 Å². The lowest BCUT2D eigenvalue weighted by molar-refractivity contribution is 0.601. The minimum atomic E-state index is -0.238. The van der Waals surface area contributed by atoms with Gasteiger partial charge in [0, 0.05) is 4.90 Å². The van der Waals surface area contributed by atoms with Gasteiger partial charge in [-0.2, -0.15) is 0 Å². The number of hydrogen-bond donors (Lipinski definition) is 1. The second kappa shape index (κ2) is 5.14. The molecule has 2 aromatic carbocycles. The third-order valence-electron chi connectivity index (χ3n) is 2.22. The zero-order valence-electron chi connectivity index (χ0n) is 8.64. The molecular formula is C13H12FNS. The molecule has 2 aromatic rings. The summed E-state index contributed by atoms with van der Waals surface area (Å²) in [7, 11) is 0. The third-order valence-corrected chi connectivity index (χ3v) is 3.33. The van der Waals surface area contributed by atoms with Crippen molar-refractivity contribution in [1.82, 2.24) is 0 Å². The maximum absolute atomic E-state index is 13.4. The summed E-state index contributed by atoms with van der Waals surface area (Å²) < 4.78 is 13.4. The van der Waals surface area contributed by atoms with Crippen LogP contribution >= 0.6 is 11.8 Å². The van der Waals surface area contributed by atoms with Crippen LogP contribution in [0.3, 0.4) is 0 Å². The monoisotopic (exact) mass is 233 g/mol. The maximum Gasteiger partial charge on any atom is 0.136 e. The van der Waals surface area contributed by atoms with Crippen LogP contribution in [-0.4, -0.2) is 0 Å². The molecule has 0 aliphatic rings. The van der Waals surface area contributed by atoms with Crippen molar-refractivity contribution in [3.8, 4) is 0 Å². The smallest absolute Gasteiger partial charge is 0.136 e. The Kier molecular flexibility index (Phi) is 3.59. The molecule has 82 valence electrons. The summed E-state index contributed by atoms with van der Waals surface area (Å²) in [6, 6.07) is 16.3. The lowest BCUT2D eigenvalue weighted by Gasteiger charge is -2.11. The highest BCUT2D eigenvalue weighted by molar-refractivity contribution is 7.99. The first kappa shape index (κ1) is 11.2. The molecule has 3 heteroatoms. The summed E-state index contributed by atoms with van der Waals surface area (Å²) in [5, 5.41) is -0.238. The first-order valence-electron chi connectivity index (χ1n) is 4.99. The molecule has 0 aliphatic carbocycles. The highest BCUT2D eigenvalue weighted by atomic mass is 32.2. The molecule has 0 spiro atoms. The van der Waals surface area contributed by atoms with Gasteiger partial charge in [-0.05, 0) is 17.7 Å². The summed E-state index contributed by atoms with van der Waals surface area (Å²) in [5.41, 5.74) is 6.99. The van der Waals surface area contributed by atoms with Crippen molar-refractivity contribution in [2.24, 2.45) is 5.73 Å². The van der Waals surface area contributed by atoms with Crippen molar-refractivity contribution >= 4 is 11.8 Å². The average Bonchev–Trinajstić information content (AvgIpc) is 2.33. The van der Waals surface area contributed by atoms with Crippen molar-refractivity contribution in [2.75, 3.05) is 0 Å². The van der Waals surface area contributed by atoms with E-state index >= 15 is 0 Å². The second-order valence-electron chi connectivity index (χ2n) is 3.38. The van der Waals surface area contributed by atoms with Crippen LogP contribution in [0.4, 0.5) is 4.39 Å². The molecule has 0 saturated heterocycles. The molecule has 1 nitrogen and oxygen atoms in total. The van der Waals surface area contributed by atoms with Crippen molar-refractivity contribution in [1.29, 1.82) is 0 Å². The molecule has 0 fully saturated rings. The normalized spacial score (nSPS) is 12.4. The van der Waals surface area contributed by atoms with E-state index in [2.05, 4.69) is 0 Å². The molecule has 0 aliphatic heterocycles. The Hall–Kier alpha value is -1.32. The van der Waals surface area contributed by atoms with Crippen molar-refractivity contribution in [2.45, 2.75) is 10.3 Å². The molecular weight excluding hydrogens is 221 g/mol. The summed E-state index contributed by atoms with van der Waals surface area (Å²) in [6.45, 7) is 0. The van der Waals surface area contributed by atoms with Crippen LogP contribution in [0.5, 0.6) is 0 Å². The zero-order chi connectivity index (χ0) is 11.4. The lowest BCUT2D eigenvalue weighted by atomic mass is 10.2. The Balaban J connectivity index is 2.14. The van der Waals surface area contributed by atoms with E-state index in [-0.39, 0.29) is 11.2 Å². The van der Waals surface area contributed by atoms with Crippen LogP contribution in [0.25, 0.3) is 0 Å². The van der Waals surface area contributed by atoms with E-state index in [9.17, 15) is 4.39 Å². The minimum absolute atomic E-state index is 0.223. The van der Waals surface area contributed by atoms with Crippen molar-refractivity contribution in [3.63, 3.8) is 0 Å². The molecule has 2 rings (SSSR count). The summed E-state index contributed by atoms with van der Waals surface area (Å²) in [6.07, 6.45) is 0. The predicted octanol–water partition coefficient (Wildman–Crippen LogP) is 3.58. The molecule has 1 atom stereocenters. The number of benzene rings is 2. The summed E-state index contributed by atoms with van der Waals surface area (Å²) in [4.78, 5) is 0.582. The van der Waals surface area contributed by atoms with Crippen molar-refractivity contribution in [3.05, 3.63) is 66.0 Å². The van der Waals surface area contributed by atoms with Crippen LogP contribution in [0.1, 0.15) is 10.9 Å². The first-order chi connectivity index (χ1) is 7.77. The maximum atomic E-state index is 13.4. The van der Waals surface area contributed by atoms with E-state index in [0.29, 0.717) is 4.90 Å². The van der Waals surface area contributed by atoms with E-state index in [0.717, 1.165) is 5.56 Å². The van der Waals surface area contributed by atoms with Gasteiger partial charge in [-0.25, -0.2) is 4.39 Å². The standard InChI is InChI=1S/C13H12FNS/c14-11-8-4-5-9-12(11)16-13(15)10-6-2-1-3-7-10/h1-9,13H,15H2. The molecule has 0 aromatic heterocycles. The quantitative estimate of drug-likeness (QED) is 0.647. The number of thioether (sulfide) groups is 1. The minimum Gasteiger partial charge on any atom is -0.315 e. The zero-order valence-corrected chi connectivity index (χ0v) is 9.45. The van der Waals surface area contributed by atoms with E-state index in [4.69, 9.17) is 5.73 Å². The Bertz CT molecular complexity index is 458. The molecule has 0 radical (unpaired) electrons. The topological polar surface area (TPSA) is 26.0 Å². The number of nitrogens with two attached hydrogens (primary N) is 1. The SMILES string of the molecule is NC(Sc1ccccc1F)c1ccccc1. The van der Waals surface area contributed by atoms with Gasteiger partial charge in [0.05, 0.1) is 5.37 Å². The van der Waals surface area contributed by atoms with Gasteiger partial charge in [-0.15, -0.1) is 0 Å². The Morgan fingerprint density at radius 1 is 0.938 bits per heavy atom. The molecule has 16 heavy (non-hydrogen) atoms. The van der Waals surface area contributed by atoms with E-state index in [1.807, 2.05) is 36.4 Å². The number of rotatable bonds is 3. The fourth-order valence-corrected chi connectivity index (χ4v) is 2.29. The van der Waals surface area contributed by atoms with Gasteiger partial charge in [0.2, 0.25) is 0 Å². The van der Waals surface area contributed by atoms with Crippen LogP contribution in [0.2, 0.25) is 0 Å². The molecule has 2 N–H and O–H groups in total. The summed E-state index contributed by atoms with van der Waals surface area (Å²) in [5.74, 6) is -0.223. The molecule has 0 bridgehead atoms. The summed E-state index contributed by atoms with van der Waals surface area (Å²) >= 11 is 1.33. The first-order valence-corrected chi connectivity index (χ1v) is 5.87. The van der Waals surface area contributed by atoms with E-state index < -0.39 is 0 Å². The van der Waals surface area contributed by atoms with Gasteiger partial charge >= 0.3 is 0 Å². The van der Waals surface area contributed by atoms with Crippen LogP contribution < -0.4 is 5.73 Å². The van der Waals surface area contributed by atoms with E-state index in [1.165, 1.54) is 17.8 Å². The average molecular weight is 233 g/mol. The van der Waals surface area contributed by atoms with Gasteiger partial charge in [0.25, 0.3) is 0 Å². The fraction of sp³-hybridized carbons (Fsp3) is 0.0769. The van der Waals surface area contributed by atoms with Crippen LogP contribution in [0, 0.1) is 5.82 Å². The predicted molar refractivity (Wildman–Crippen MR) is 65.6 cm³/mol. The largest absolute Gasteiger partial charge is 0.315 e. The lowest BCUT2D eigenvalue weighted by Crippen LogP contribution is -2.05. The Labute approximate surface area is 98.5 Å². The molecule has 0 heterocycles. The Morgan fingerprint density at radius 2 is 1.56 bits per heavy atom. The fourth-order valence-electron chi connectivity index (χ4n) is 1.39. The number of halogens is 1. The van der Waals surface area contributed by atoms with Gasteiger partial charge in [0.15, 0.2) is 0 Å². The molecule has 0 saturated carbocycles. The third kappa shape index (κ3) is 2.62. The van der Waals surface area contributed by atoms with Crippen LogP contribution in [-0.2, 0) is 0 Å². The number of hydrogen-bond acceptors (Lipinski definition) is 2. The highest BCUT2D eigenvalue weighted by Crippen LogP contribution is 2.32. The van der Waals surface area contributed by atoms with E-state index in [1.54, 1.807) is 12.1 Å². The molecule has 0 amide bonds. The van der Waals surface area contributed by atoms with Gasteiger partial charge in [-0.1, -0.05) is 54.2 Å². The van der Waals surface area contributed by atoms with Crippen molar-refractivity contribution < 1.29 is 4.39 Å². The van der Waals surface area contributed by atoms with Crippen LogP contribution in [0.15, 0.2) is 59.5 Å². The highest BCUT2D eigenvalue weighted by Gasteiger charge is 2.09. The Morgan fingerprint density at radius 3 is 2.25 bits per heavy atom. The second-order valence-corrected chi connectivity index (χ2v) is 4.56. The van der Waals surface area contributed by atoms with Gasteiger partial charge < -0.3 is 5.73 Å². The van der Waals surface area contributed by atoms with Gasteiger partial charge in [-0.3, -0.25) is 0 Å².